The van der Waals surface area contributed by atoms with E-state index in [0.717, 1.165) is 28.0 Å². The van der Waals surface area contributed by atoms with Gasteiger partial charge in [0.15, 0.2) is 29.1 Å². The molecule has 16 N–H and O–H groups in total. The van der Waals surface area contributed by atoms with Crippen LogP contribution < -0.4 is 54.2 Å². The molecule has 2 aromatic carbocycles. The number of nitrogen functional groups attached to an aromatic ring is 1. The molecule has 0 bridgehead atoms. The number of aromatic amines is 1. The number of ether oxygens (including phenoxy) is 1. The van der Waals surface area contributed by atoms with Gasteiger partial charge in [-0.25, -0.2) is 24.4 Å². The lowest BCUT2D eigenvalue weighted by molar-refractivity contribution is -0.140. The Labute approximate surface area is 426 Å². The molecule has 3 aliphatic rings. The smallest absolute Gasteiger partial charge is 0.405 e. The van der Waals surface area contributed by atoms with E-state index < -0.39 is 84.4 Å². The largest absolute Gasteiger partial charge is 0.505 e. The first-order valence-electron chi connectivity index (χ1n) is 22.2. The first-order valence-corrected chi connectivity index (χ1v) is 24.5. The highest BCUT2D eigenvalue weighted by molar-refractivity contribution is 8.78. The fourth-order valence-electron chi connectivity index (χ4n) is 8.14. The molecule has 74 heavy (non-hydrogen) atoms. The molecular formula is C45H46N14O13S2. The molecule has 7 rings (SSSR count). The van der Waals surface area contributed by atoms with Crippen molar-refractivity contribution in [3.63, 3.8) is 0 Å². The molecule has 27 nitrogen and oxygen atoms in total. The van der Waals surface area contributed by atoms with Gasteiger partial charge >= 0.3 is 18.0 Å². The summed E-state index contributed by atoms with van der Waals surface area (Å²) in [7, 11) is 2.06. The Morgan fingerprint density at radius 1 is 1.04 bits per heavy atom. The maximum atomic E-state index is 12.9. The van der Waals surface area contributed by atoms with Gasteiger partial charge in [-0.3, -0.25) is 39.3 Å². The Hall–Kier alpha value is -8.80. The minimum absolute atomic E-state index is 0.00624. The Morgan fingerprint density at radius 2 is 1.80 bits per heavy atom. The van der Waals surface area contributed by atoms with Gasteiger partial charge in [-0.05, 0) is 71.9 Å². The number of anilines is 3. The number of aliphatic carboxylic acids is 2. The lowest BCUT2D eigenvalue weighted by Gasteiger charge is -2.25. The van der Waals surface area contributed by atoms with Crippen LogP contribution in [0.3, 0.4) is 0 Å². The van der Waals surface area contributed by atoms with Crippen LogP contribution in [0.1, 0.15) is 52.5 Å². The number of nitrogens with zero attached hydrogens (tertiary/aromatic N) is 5. The third-order valence-corrected chi connectivity index (χ3v) is 13.3. The van der Waals surface area contributed by atoms with Crippen molar-refractivity contribution in [1.82, 2.24) is 41.2 Å². The van der Waals surface area contributed by atoms with Crippen LogP contribution in [0.2, 0.25) is 0 Å². The van der Waals surface area contributed by atoms with E-state index in [2.05, 4.69) is 74.6 Å². The number of benzene rings is 2. The monoisotopic (exact) mass is 1050 g/mol. The summed E-state index contributed by atoms with van der Waals surface area (Å²) in [5.41, 5.74) is 18.3. The van der Waals surface area contributed by atoms with Gasteiger partial charge in [0, 0.05) is 47.8 Å². The van der Waals surface area contributed by atoms with E-state index in [1.165, 1.54) is 24.5 Å². The lowest BCUT2D eigenvalue weighted by atomic mass is 9.98. The van der Waals surface area contributed by atoms with Crippen LogP contribution >= 0.6 is 21.6 Å². The molecule has 7 atom stereocenters. The molecule has 0 spiro atoms. The average molecular weight is 1060 g/mol. The molecule has 2 fully saturated rings. The predicted molar refractivity (Wildman–Crippen MR) is 267 cm³/mol. The SMILES string of the molecule is Cc1c(O)c2c(c(O)c1N=CCSSC#CC(NC(=O)CNC(=O)C(N)C#CNC(=O)CCC(NC(=O)c1ccc(NCc3cnc4nc(N)[nH]c(=O)c4n3)cc1)C(=O)O)C(=O)O)C(OC(N)=O)C1C3CC3CN21. The second-order valence-electron chi connectivity index (χ2n) is 16.7. The van der Waals surface area contributed by atoms with Crippen molar-refractivity contribution in [3.05, 3.63) is 63.2 Å². The maximum Gasteiger partial charge on any atom is 0.405 e. The number of aromatic hydroxyl groups is 2. The summed E-state index contributed by atoms with van der Waals surface area (Å²) in [6.07, 6.45) is 1.17. The summed E-state index contributed by atoms with van der Waals surface area (Å²) in [6, 6.07) is 3.21. The summed E-state index contributed by atoms with van der Waals surface area (Å²) in [5, 5.41) is 56.1. The third kappa shape index (κ3) is 12.6. The highest BCUT2D eigenvalue weighted by atomic mass is 33.1. The van der Waals surface area contributed by atoms with Crippen molar-refractivity contribution < 1.29 is 58.7 Å². The number of piperidine rings is 1. The number of aromatic nitrogens is 4. The average Bonchev–Trinajstić information content (AvgIpc) is 3.91. The number of nitrogens with two attached hydrogens (primary N) is 3. The number of nitrogens with one attached hydrogen (secondary N) is 6. The number of phenols is 2. The molecule has 29 heteroatoms. The first-order chi connectivity index (χ1) is 35.3. The molecule has 4 heterocycles. The fourth-order valence-corrected chi connectivity index (χ4v) is 9.28. The van der Waals surface area contributed by atoms with E-state index >= 15 is 0 Å². The van der Waals surface area contributed by atoms with Crippen molar-refractivity contribution in [2.75, 3.05) is 34.8 Å². The van der Waals surface area contributed by atoms with Crippen LogP contribution in [-0.4, -0.2) is 131 Å². The molecule has 1 saturated heterocycles. The Balaban J connectivity index is 0.794. The Bertz CT molecular complexity index is 3150. The molecule has 7 unspecified atom stereocenters. The standard InChI is InChI=1S/C45H46N14O13S2/c1-19-31(36(63)30-34(35(19)62)59-18-21-14-24(21)33(59)37(30)72-45(48)71)50-11-13-74-73-12-9-27(43(69)70)55-29(61)17-53-40(65)25(46)8-10-49-28(60)7-6-26(42(67)68)56-39(64)20-2-4-22(5-3-20)51-15-23-16-52-38-32(54-23)41(66)58-44(47)57-38/h2-5,11,16,21,24-27,33,37,51,62-63H,6-7,13-15,17-18,46H2,1H3,(H2,48,71)(H,49,60)(H,53,65)(H,55,61)(H,56,64)(H,67,68)(H,69,70)(H3,47,52,57,58,66). The molecule has 1 aliphatic carbocycles. The number of primary amides is 1. The molecular weight excluding hydrogens is 1010 g/mol. The zero-order valence-electron chi connectivity index (χ0n) is 38.7. The topological polar surface area (TPSA) is 435 Å². The number of carboxylic acids is 2. The molecule has 386 valence electrons. The van der Waals surface area contributed by atoms with E-state index in [1.54, 1.807) is 19.1 Å². The van der Waals surface area contributed by atoms with E-state index in [1.807, 2.05) is 4.90 Å². The number of carboxylic acid groups (broad SMARTS) is 2. The first kappa shape index (κ1) is 53.0. The number of aliphatic imine (C=N–C) groups is 1. The van der Waals surface area contributed by atoms with Gasteiger partial charge in [-0.1, -0.05) is 22.6 Å². The number of carbonyl (C=O) groups is 7. The second-order valence-corrected chi connectivity index (χ2v) is 18.8. The van der Waals surface area contributed by atoms with Crippen molar-refractivity contribution in [1.29, 1.82) is 0 Å². The molecule has 5 amide bonds. The number of carbonyl (C=O) groups excluding carboxylic acids is 5. The molecule has 2 aliphatic heterocycles. The highest BCUT2D eigenvalue weighted by Gasteiger charge is 2.61. The molecule has 4 aromatic rings. The van der Waals surface area contributed by atoms with E-state index in [0.29, 0.717) is 35.1 Å². The van der Waals surface area contributed by atoms with Gasteiger partial charge in [0.2, 0.25) is 23.7 Å². The normalized spacial score (nSPS) is 17.9. The van der Waals surface area contributed by atoms with Gasteiger partial charge < -0.3 is 68.5 Å². The summed E-state index contributed by atoms with van der Waals surface area (Å²) >= 11 is 0. The number of amides is 5. The summed E-state index contributed by atoms with van der Waals surface area (Å²) in [4.78, 5) is 119. The highest BCUT2D eigenvalue weighted by Crippen LogP contribution is 2.64. The Morgan fingerprint density at radius 3 is 2.51 bits per heavy atom. The van der Waals surface area contributed by atoms with Gasteiger partial charge in [-0.15, -0.1) is 0 Å². The van der Waals surface area contributed by atoms with E-state index in [-0.39, 0.29) is 76.1 Å². The maximum absolute atomic E-state index is 12.9. The third-order valence-electron chi connectivity index (χ3n) is 11.7. The zero-order valence-corrected chi connectivity index (χ0v) is 40.3. The second kappa shape index (κ2) is 23.2. The summed E-state index contributed by atoms with van der Waals surface area (Å²) < 4.78 is 5.43. The van der Waals surface area contributed by atoms with Crippen LogP contribution in [0.25, 0.3) is 11.2 Å². The van der Waals surface area contributed by atoms with Crippen LogP contribution in [0.5, 0.6) is 11.5 Å². The zero-order chi connectivity index (χ0) is 53.4. The van der Waals surface area contributed by atoms with Crippen molar-refractivity contribution in [2.24, 2.45) is 28.3 Å². The van der Waals surface area contributed by atoms with Crippen LogP contribution in [0, 0.1) is 41.9 Å². The van der Waals surface area contributed by atoms with E-state index in [9.17, 15) is 58.8 Å². The summed E-state index contributed by atoms with van der Waals surface area (Å²) in [6.45, 7) is 1.69. The minimum atomic E-state index is -1.67. The number of hydrogen-bond donors (Lipinski definition) is 13. The molecule has 1 saturated carbocycles. The molecule has 0 radical (unpaired) electrons. The predicted octanol–water partition coefficient (Wildman–Crippen LogP) is -0.600. The number of hydrogen-bond acceptors (Lipinski definition) is 21. The van der Waals surface area contributed by atoms with Crippen molar-refractivity contribution >= 4 is 104 Å². The van der Waals surface area contributed by atoms with Gasteiger partial charge in [0.05, 0.1) is 42.3 Å². The quantitative estimate of drug-likeness (QED) is 0.0139. The number of rotatable bonds is 19. The Kier molecular flexibility index (Phi) is 16.6. The number of H-pyrrole nitrogens is 1. The van der Waals surface area contributed by atoms with Crippen LogP contribution in [0.4, 0.5) is 27.8 Å². The number of fused-ring (bicyclic) bond motifs is 6. The van der Waals surface area contributed by atoms with E-state index in [4.69, 9.17) is 21.9 Å². The van der Waals surface area contributed by atoms with Gasteiger partial charge in [0.1, 0.15) is 23.5 Å². The number of phenolic OH excluding ortho intramolecular Hbond substituents is 2. The molecule has 2 aromatic heterocycles. The lowest BCUT2D eigenvalue weighted by Crippen LogP contribution is -2.47. The van der Waals surface area contributed by atoms with Crippen LogP contribution in [-0.2, 0) is 35.3 Å². The summed E-state index contributed by atoms with van der Waals surface area (Å²) in [5.74, 6) is -1.25. The van der Waals surface area contributed by atoms with Crippen molar-refractivity contribution in [3.8, 4) is 34.6 Å². The fraction of sp³-hybridized carbons (Fsp3) is 0.333. The van der Waals surface area contributed by atoms with Gasteiger partial charge in [-0.2, -0.15) is 4.98 Å². The van der Waals surface area contributed by atoms with Crippen LogP contribution in [0.15, 0.2) is 40.2 Å². The van der Waals surface area contributed by atoms with Gasteiger partial charge in [0.25, 0.3) is 11.5 Å². The minimum Gasteiger partial charge on any atom is -0.505 e. The van der Waals surface area contributed by atoms with Crippen molar-refractivity contribution in [2.45, 2.75) is 63.0 Å².